The Morgan fingerprint density at radius 3 is 0.927 bits per heavy atom. The lowest BCUT2D eigenvalue weighted by Crippen LogP contribution is -2.65. The second-order valence-corrected chi connectivity index (χ2v) is 58.7. The van der Waals surface area contributed by atoms with Crippen LogP contribution in [0.25, 0.3) is 0 Å². The van der Waals surface area contributed by atoms with Crippen molar-refractivity contribution in [2.24, 2.45) is 22.7 Å². The summed E-state index contributed by atoms with van der Waals surface area (Å²) in [6, 6.07) is 7.77. The molecule has 4 bridgehead atoms. The van der Waals surface area contributed by atoms with Gasteiger partial charge in [-0.05, 0) is 206 Å². The van der Waals surface area contributed by atoms with Gasteiger partial charge in [-0.25, -0.2) is 0 Å². The number of fused-ring (bicyclic) bond motifs is 4. The van der Waals surface area contributed by atoms with Crippen molar-refractivity contribution in [1.29, 1.82) is 0 Å². The van der Waals surface area contributed by atoms with Gasteiger partial charge in [-0.1, -0.05) is 337 Å². The van der Waals surface area contributed by atoms with Crippen LogP contribution in [0, 0.1) is 22.7 Å². The highest BCUT2D eigenvalue weighted by atomic mass is 16.7. The largest absolute Gasteiger partial charge is 0.600 e. The van der Waals surface area contributed by atoms with Crippen LogP contribution in [0.5, 0.6) is 11.5 Å². The second kappa shape index (κ2) is 48.2. The zero-order valence-electron chi connectivity index (χ0n) is 98.0. The average molecular weight is 1920 g/mol. The number of hydrogen-bond acceptors (Lipinski definition) is 20. The third-order valence-corrected chi connectivity index (χ3v) is 29.3. The highest BCUT2D eigenvalue weighted by Crippen LogP contribution is 2.67. The van der Waals surface area contributed by atoms with Gasteiger partial charge >= 0.3 is 71.2 Å². The molecule has 0 amide bonds. The molecule has 0 N–H and O–H groups in total. The third-order valence-electron chi connectivity index (χ3n) is 29.3. The molecule has 12 heterocycles. The average Bonchev–Trinajstić information content (AvgIpc) is 1.65. The SMILES string of the molecule is CC(C)(C)B1C2CCCC1CCC2.CC(C)(C)B1OC(C)(C)C(C)(C)O1.CC(C)(C)B1OC2CCCCC2O1.CC(C)(C)B1OCCCO1.CC(C)(C)B1OCCO1.CC(C)(C)B1O[C@@H]2C[C@@H]3C[C@@H](C3(C)C)[C@]2(C)O1.CC(C)(C)B1Oc2ccccc2O1.CC1(C)CC(C)(C)OB(C(C)(C)C)O1.CC1(C)COB(C(C)(C)C)OC1.CC1CC(C)OB(C(C)(C)C)O1.CC1OB(C(C)(C)C)OC1C. The molecule has 1 aromatic rings. The van der Waals surface area contributed by atoms with Crippen molar-refractivity contribution < 1.29 is 93.1 Å². The number of benzene rings is 1. The zero-order chi connectivity index (χ0) is 105. The van der Waals surface area contributed by atoms with Crippen molar-refractivity contribution in [3.63, 3.8) is 0 Å². The maximum Gasteiger partial charge on any atom is 0.600 e. The fraction of sp³-hybridized carbons (Fsp3) is 0.943. The maximum atomic E-state index is 6.38. The maximum absolute atomic E-state index is 6.38. The Hall–Kier alpha value is -1.19. The minimum Gasteiger partial charge on any atom is -0.523 e. The Bertz CT molecular complexity index is 3590. The number of rotatable bonds is 0. The smallest absolute Gasteiger partial charge is 0.523 e. The molecule has 0 radical (unpaired) electrons. The fourth-order valence-electron chi connectivity index (χ4n) is 20.5. The predicted molar refractivity (Wildman–Crippen MR) is 582 cm³/mol. The summed E-state index contributed by atoms with van der Waals surface area (Å²) in [4.78, 5) is 0. The highest BCUT2D eigenvalue weighted by molar-refractivity contribution is 6.65. The minimum atomic E-state index is -0.203. The van der Waals surface area contributed by atoms with E-state index in [0.29, 0.717) is 47.2 Å². The Morgan fingerprint density at radius 2 is 0.620 bits per heavy atom. The summed E-state index contributed by atoms with van der Waals surface area (Å²) in [7, 11) is -0.495. The molecule has 0 aromatic heterocycles. The topological polar surface area (TPSA) is 185 Å². The lowest BCUT2D eigenvalue weighted by molar-refractivity contribution is -0.199. The molecular weight excluding hydrogens is 1710 g/mol. The van der Waals surface area contributed by atoms with Gasteiger partial charge in [0.25, 0.3) is 0 Å². The Labute approximate surface area is 847 Å². The fourth-order valence-corrected chi connectivity index (χ4v) is 20.5. The summed E-state index contributed by atoms with van der Waals surface area (Å²) < 4.78 is 115. The van der Waals surface area contributed by atoms with E-state index in [1.54, 1.807) is 0 Å². The molecule has 10 atom stereocenters. The van der Waals surface area contributed by atoms with E-state index in [4.69, 9.17) is 93.1 Å². The summed E-state index contributed by atoms with van der Waals surface area (Å²) in [5, 5.41) is 1.40. The van der Waals surface area contributed by atoms with Crippen LogP contribution in [-0.2, 0) is 83.8 Å². The van der Waals surface area contributed by atoms with Crippen LogP contribution in [0.1, 0.15) is 442 Å². The van der Waals surface area contributed by atoms with Crippen molar-refractivity contribution in [2.75, 3.05) is 39.6 Å². The molecule has 11 saturated heterocycles. The molecule has 784 valence electrons. The summed E-state index contributed by atoms with van der Waals surface area (Å²) in [6.45, 7) is 114. The van der Waals surface area contributed by atoms with Crippen LogP contribution in [0.2, 0.25) is 70.1 Å². The van der Waals surface area contributed by atoms with Crippen molar-refractivity contribution in [3.8, 4) is 11.5 Å². The monoisotopic (exact) mass is 1920 g/mol. The van der Waals surface area contributed by atoms with Gasteiger partial charge in [0.15, 0.2) is 6.71 Å². The summed E-state index contributed by atoms with van der Waals surface area (Å²) in [5.41, 5.74) is 0.00855. The highest BCUT2D eigenvalue weighted by Gasteiger charge is 2.69. The van der Waals surface area contributed by atoms with Crippen LogP contribution in [-0.4, -0.2) is 188 Å². The van der Waals surface area contributed by atoms with Crippen molar-refractivity contribution in [3.05, 3.63) is 24.3 Å². The summed E-state index contributed by atoms with van der Waals surface area (Å²) in [6.07, 6.45) is 21.9. The Morgan fingerprint density at radius 1 is 0.292 bits per heavy atom. The first-order chi connectivity index (χ1) is 61.8. The Balaban J connectivity index is 0.000000232. The molecule has 17 rings (SSSR count). The first-order valence-corrected chi connectivity index (χ1v) is 53.9. The molecule has 15 fully saturated rings. The molecule has 16 aliphatic rings. The first kappa shape index (κ1) is 124. The van der Waals surface area contributed by atoms with E-state index in [2.05, 4.69) is 346 Å². The van der Waals surface area contributed by atoms with E-state index in [1.807, 2.05) is 24.3 Å². The van der Waals surface area contributed by atoms with Crippen molar-refractivity contribution in [1.82, 2.24) is 0 Å². The van der Waals surface area contributed by atoms with Crippen LogP contribution in [0.15, 0.2) is 24.3 Å². The lowest BCUT2D eigenvalue weighted by Gasteiger charge is -2.64. The van der Waals surface area contributed by atoms with Crippen LogP contribution < -0.4 is 9.31 Å². The zero-order valence-corrected chi connectivity index (χ0v) is 98.0. The molecular formula is C106H207B11O20. The van der Waals surface area contributed by atoms with Crippen molar-refractivity contribution >= 4 is 77.9 Å². The van der Waals surface area contributed by atoms with Crippen LogP contribution >= 0.6 is 0 Å². The number of hydrogen-bond donors (Lipinski definition) is 0. The third kappa shape index (κ3) is 38.1. The normalized spacial score (nSPS) is 29.7. The Kier molecular flexibility index (Phi) is 43.8. The van der Waals surface area contributed by atoms with E-state index in [0.717, 1.165) is 94.7 Å². The van der Waals surface area contributed by atoms with Gasteiger partial charge in [0, 0.05) is 55.8 Å². The van der Waals surface area contributed by atoms with Gasteiger partial charge in [-0.3, -0.25) is 0 Å². The molecule has 12 aliphatic heterocycles. The van der Waals surface area contributed by atoms with Gasteiger partial charge in [0.2, 0.25) is 0 Å². The standard InChI is InChI=1S/C14H25BO2.C12H23B.C11H23BO2.C10H19BO2.C10H13BO2.C10H21BO2.2C9H19BO2.C8H17BO2.C7H15BO2.C6H13BO2/c1-12(2,3)15-16-11-8-9-7-10(13(9,4)5)14(11,6)17-15;1-12(2,3)13-10-6-4-7-11(13)9-5-8-10;1-9(2,3)12-13-10(4,5)8-11(6,7)14-12;2*1-10(2,3)11-12-8-6-4-5-7-9(8)13-11;1-8(2,3)11-12-9(4,5)10(6,7)13-11;1-8(2,3)10-11-6-9(4,5)7-12-10;1-7-6-8(2)12-10(11-7)9(3,4)5;1-6-7(2)11-9(10-6)8(3,4)5;1-7(2,3)8-9-5-4-6-10-8;1-6(2,3)7-8-4-5-9-7/h9-11H,7-8H2,1-6H3;10-11H,4-9H2,1-3H3;8H2,1-7H3;8-9H,4-7H2,1-3H3;4-7H,1-3H3;1-7H3;6-7H2,1-5H3;7-8H,6H2,1-5H3;6-7H,1-5H3;4-6H2,1-3H3;4-5H2,1-3H3/t9-,10-,11+,14-;;;;;;;;;;/m0........../s1. The van der Waals surface area contributed by atoms with E-state index in [1.165, 1.54) is 77.0 Å². The van der Waals surface area contributed by atoms with E-state index >= 15 is 0 Å². The lowest BCUT2D eigenvalue weighted by atomic mass is 9.19. The molecule has 4 aliphatic carbocycles. The molecule has 31 heteroatoms. The van der Waals surface area contributed by atoms with Crippen LogP contribution in [0.4, 0.5) is 0 Å². The van der Waals surface area contributed by atoms with Gasteiger partial charge in [-0.15, -0.1) is 0 Å². The second-order valence-electron chi connectivity index (χ2n) is 58.7. The summed E-state index contributed by atoms with van der Waals surface area (Å²) >= 11 is 0. The summed E-state index contributed by atoms with van der Waals surface area (Å²) in [5.74, 6) is 5.36. The van der Waals surface area contributed by atoms with Gasteiger partial charge in [-0.2, -0.15) is 0 Å². The minimum absolute atomic E-state index is 0.00116. The molecule has 6 unspecified atom stereocenters. The molecule has 137 heavy (non-hydrogen) atoms. The molecule has 0 spiro atoms. The van der Waals surface area contributed by atoms with E-state index < -0.39 is 0 Å². The first-order valence-electron chi connectivity index (χ1n) is 53.9. The quantitative estimate of drug-likeness (QED) is 0.223. The molecule has 20 nitrogen and oxygen atoms in total. The van der Waals surface area contributed by atoms with E-state index in [-0.39, 0.29) is 170 Å². The van der Waals surface area contributed by atoms with Gasteiger partial charge < -0.3 is 93.1 Å². The molecule has 4 saturated carbocycles. The van der Waals surface area contributed by atoms with Crippen molar-refractivity contribution in [2.45, 2.75) is 583 Å². The number of para-hydroxylation sites is 2. The van der Waals surface area contributed by atoms with E-state index in [9.17, 15) is 0 Å². The van der Waals surface area contributed by atoms with Gasteiger partial charge in [0.05, 0.1) is 71.7 Å². The molecule has 1 aromatic carbocycles. The van der Waals surface area contributed by atoms with Crippen LogP contribution in [0.3, 0.4) is 0 Å². The predicted octanol–water partition coefficient (Wildman–Crippen LogP) is 29.4. The van der Waals surface area contributed by atoms with Gasteiger partial charge in [0.1, 0.15) is 11.5 Å².